The molecule has 2 heterocycles. The van der Waals surface area contributed by atoms with E-state index in [1.54, 1.807) is 0 Å². The van der Waals surface area contributed by atoms with E-state index < -0.39 is 69.3 Å². The van der Waals surface area contributed by atoms with Crippen LogP contribution in [0.3, 0.4) is 0 Å². The Hall–Kier alpha value is -3.83. The molecular formula is C26H14F8N2O2S2. The van der Waals surface area contributed by atoms with Crippen LogP contribution < -0.4 is 5.56 Å². The third kappa shape index (κ3) is 5.71. The lowest BCUT2D eigenvalue weighted by Crippen LogP contribution is -2.28. The number of aromatic nitrogens is 1. The molecule has 1 atom stereocenters. The van der Waals surface area contributed by atoms with Gasteiger partial charge in [-0.1, -0.05) is 6.07 Å². The van der Waals surface area contributed by atoms with E-state index in [1.807, 2.05) is 0 Å². The predicted molar refractivity (Wildman–Crippen MR) is 132 cm³/mol. The summed E-state index contributed by atoms with van der Waals surface area (Å²) in [5.74, 6) is -2.03. The van der Waals surface area contributed by atoms with Crippen LogP contribution in [0.5, 0.6) is 0 Å². The highest BCUT2D eigenvalue weighted by atomic mass is 32.2. The molecular weight excluding hydrogens is 588 g/mol. The fraction of sp³-hybridized carbons (Fsp3) is 0.154. The van der Waals surface area contributed by atoms with Crippen molar-refractivity contribution < 1.29 is 39.3 Å². The van der Waals surface area contributed by atoms with Crippen LogP contribution in [0, 0.1) is 23.0 Å². The van der Waals surface area contributed by atoms with Gasteiger partial charge in [0.2, 0.25) is 0 Å². The smallest absolute Gasteiger partial charge is 0.302 e. The van der Waals surface area contributed by atoms with Gasteiger partial charge in [-0.25, -0.2) is 8.78 Å². The number of alkyl halides is 6. The van der Waals surface area contributed by atoms with Crippen molar-refractivity contribution in [2.24, 2.45) is 0 Å². The first kappa shape index (κ1) is 29.2. The van der Waals surface area contributed by atoms with Gasteiger partial charge in [-0.2, -0.15) is 31.6 Å². The van der Waals surface area contributed by atoms with E-state index in [9.17, 15) is 49.4 Å². The average Bonchev–Trinajstić information content (AvgIpc) is 3.34. The molecule has 208 valence electrons. The molecule has 0 fully saturated rings. The van der Waals surface area contributed by atoms with Crippen LogP contribution in [0.25, 0.3) is 21.7 Å². The maximum Gasteiger partial charge on any atom is 0.417 e. The highest BCUT2D eigenvalue weighted by Crippen LogP contribution is 2.40. The molecule has 1 unspecified atom stereocenters. The van der Waals surface area contributed by atoms with Crippen LogP contribution in [0.15, 0.2) is 63.6 Å². The van der Waals surface area contributed by atoms with E-state index in [4.69, 9.17) is 0 Å². The molecule has 4 nitrogen and oxygen atoms in total. The Balaban J connectivity index is 1.97. The van der Waals surface area contributed by atoms with Gasteiger partial charge in [-0.3, -0.25) is 9.00 Å². The monoisotopic (exact) mass is 602 g/mol. The summed E-state index contributed by atoms with van der Waals surface area (Å²) in [6, 6.07) is 7.85. The fourth-order valence-electron chi connectivity index (χ4n) is 3.95. The normalized spacial score (nSPS) is 12.8. The van der Waals surface area contributed by atoms with Crippen LogP contribution in [0.1, 0.15) is 22.3 Å². The second kappa shape index (κ2) is 10.6. The molecule has 0 spiro atoms. The second-order valence-electron chi connectivity index (χ2n) is 8.42. The molecule has 2 aromatic carbocycles. The highest BCUT2D eigenvalue weighted by molar-refractivity contribution is 7.84. The number of thiophene rings is 1. The van der Waals surface area contributed by atoms with Crippen molar-refractivity contribution >= 4 is 22.1 Å². The number of hydrogen-bond acceptors (Lipinski definition) is 4. The molecule has 40 heavy (non-hydrogen) atoms. The maximum absolute atomic E-state index is 14.4. The third-order valence-corrected chi connectivity index (χ3v) is 7.77. The van der Waals surface area contributed by atoms with Gasteiger partial charge in [-0.05, 0) is 52.9 Å². The lowest BCUT2D eigenvalue weighted by atomic mass is 10.0. The maximum atomic E-state index is 14.4. The number of nitrogens with zero attached hydrogens (tertiary/aromatic N) is 2. The molecule has 0 aliphatic rings. The summed E-state index contributed by atoms with van der Waals surface area (Å²) in [4.78, 5) is 13.1. The SMILES string of the molecule is CS(=O)c1ccc(C(F)(F)F)cc1-c1csc(-c2cc(C(F)(F)F)c(C#N)c(=O)n2Cc2ccc(F)cc2F)c1. The van der Waals surface area contributed by atoms with Crippen molar-refractivity contribution in [1.82, 2.24) is 4.57 Å². The molecule has 0 radical (unpaired) electrons. The first-order valence-corrected chi connectivity index (χ1v) is 13.4. The predicted octanol–water partition coefficient (Wildman–Crippen LogP) is 7.22. The summed E-state index contributed by atoms with van der Waals surface area (Å²) in [5.41, 5.74) is -5.98. The Kier molecular flexibility index (Phi) is 7.75. The lowest BCUT2D eigenvalue weighted by Gasteiger charge is -2.17. The topological polar surface area (TPSA) is 62.9 Å². The number of hydrogen-bond donors (Lipinski definition) is 0. The van der Waals surface area contributed by atoms with Gasteiger partial charge in [0.1, 0.15) is 23.3 Å². The minimum absolute atomic E-state index is 0.0268. The Labute approximate surface area is 227 Å². The average molecular weight is 603 g/mol. The van der Waals surface area contributed by atoms with E-state index in [0.717, 1.165) is 41.7 Å². The highest BCUT2D eigenvalue weighted by Gasteiger charge is 2.37. The summed E-state index contributed by atoms with van der Waals surface area (Å²) in [6.07, 6.45) is -8.63. The van der Waals surface area contributed by atoms with Crippen molar-refractivity contribution in [3.63, 3.8) is 0 Å². The van der Waals surface area contributed by atoms with Gasteiger partial charge in [0.15, 0.2) is 0 Å². The van der Waals surface area contributed by atoms with E-state index >= 15 is 0 Å². The molecule has 0 amide bonds. The Morgan fingerprint density at radius 1 is 0.975 bits per heavy atom. The Bertz CT molecular complexity index is 1750. The van der Waals surface area contributed by atoms with Crippen molar-refractivity contribution in [3.8, 4) is 27.8 Å². The molecule has 0 saturated carbocycles. The Morgan fingerprint density at radius 3 is 2.25 bits per heavy atom. The molecule has 4 rings (SSSR count). The van der Waals surface area contributed by atoms with E-state index in [2.05, 4.69) is 0 Å². The van der Waals surface area contributed by atoms with Gasteiger partial charge in [-0.15, -0.1) is 11.3 Å². The molecule has 0 N–H and O–H groups in total. The molecule has 4 aromatic rings. The van der Waals surface area contributed by atoms with Gasteiger partial charge in [0, 0.05) is 22.8 Å². The van der Waals surface area contributed by atoms with Gasteiger partial charge < -0.3 is 4.57 Å². The zero-order valence-electron chi connectivity index (χ0n) is 20.0. The van der Waals surface area contributed by atoms with Gasteiger partial charge in [0.25, 0.3) is 5.56 Å². The summed E-state index contributed by atoms with van der Waals surface area (Å²) >= 11 is 0.760. The van der Waals surface area contributed by atoms with Crippen molar-refractivity contribution in [3.05, 3.63) is 98.2 Å². The van der Waals surface area contributed by atoms with E-state index in [0.29, 0.717) is 16.7 Å². The summed E-state index contributed by atoms with van der Waals surface area (Å²) in [6.45, 7) is -0.686. The number of pyridine rings is 1. The largest absolute Gasteiger partial charge is 0.417 e. The number of rotatable bonds is 5. The van der Waals surface area contributed by atoms with Crippen LogP contribution in [-0.4, -0.2) is 15.0 Å². The van der Waals surface area contributed by atoms with E-state index in [-0.39, 0.29) is 26.5 Å². The zero-order valence-corrected chi connectivity index (χ0v) is 21.6. The first-order valence-electron chi connectivity index (χ1n) is 10.9. The molecule has 0 aliphatic carbocycles. The molecule has 2 aromatic heterocycles. The first-order chi connectivity index (χ1) is 18.6. The van der Waals surface area contributed by atoms with Gasteiger partial charge in [0.05, 0.1) is 39.0 Å². The summed E-state index contributed by atoms with van der Waals surface area (Å²) in [5, 5.41) is 10.6. The van der Waals surface area contributed by atoms with Crippen LogP contribution in [0.2, 0.25) is 0 Å². The summed E-state index contributed by atoms with van der Waals surface area (Å²) < 4.78 is 122. The standard InChI is InChI=1S/C26H14F8N2O2S2/c1-40(38)23-5-3-15(25(29,30)31)7-17(23)14-6-22(39-12-14)21-9-19(26(32,33)34)18(10-35)24(37)36(21)11-13-2-4-16(27)8-20(13)28/h2-9,12H,11H2,1H3. The molecule has 14 heteroatoms. The Morgan fingerprint density at radius 2 is 1.68 bits per heavy atom. The summed E-state index contributed by atoms with van der Waals surface area (Å²) in [7, 11) is -1.75. The van der Waals surface area contributed by atoms with Crippen LogP contribution >= 0.6 is 11.3 Å². The van der Waals surface area contributed by atoms with Gasteiger partial charge >= 0.3 is 12.4 Å². The lowest BCUT2D eigenvalue weighted by molar-refractivity contribution is -0.138. The second-order valence-corrected chi connectivity index (χ2v) is 10.7. The number of benzene rings is 2. The van der Waals surface area contributed by atoms with Crippen LogP contribution in [0.4, 0.5) is 35.1 Å². The molecule has 0 saturated heterocycles. The third-order valence-electron chi connectivity index (χ3n) is 5.84. The van der Waals surface area contributed by atoms with E-state index in [1.165, 1.54) is 23.8 Å². The van der Waals surface area contributed by atoms with Crippen molar-refractivity contribution in [2.45, 2.75) is 23.8 Å². The molecule has 0 aliphatic heterocycles. The fourth-order valence-corrected chi connectivity index (χ4v) is 5.63. The number of halogens is 8. The molecule has 0 bridgehead atoms. The van der Waals surface area contributed by atoms with Crippen LogP contribution in [-0.2, 0) is 29.7 Å². The minimum Gasteiger partial charge on any atom is -0.302 e. The zero-order chi connectivity index (χ0) is 29.6. The quantitative estimate of drug-likeness (QED) is 0.227. The van der Waals surface area contributed by atoms with Crippen molar-refractivity contribution in [2.75, 3.05) is 6.26 Å². The minimum atomic E-state index is -5.13. The van der Waals surface area contributed by atoms with Crippen molar-refractivity contribution in [1.29, 1.82) is 5.26 Å². The number of nitriles is 1.